The van der Waals surface area contributed by atoms with Crippen LogP contribution in [0.2, 0.25) is 0 Å². The number of nitrogens with one attached hydrogen (secondary N) is 1. The lowest BCUT2D eigenvalue weighted by Crippen LogP contribution is -2.13. The molecule has 0 aliphatic carbocycles. The summed E-state index contributed by atoms with van der Waals surface area (Å²) in [5.74, 6) is 7.48. The highest BCUT2D eigenvalue weighted by atomic mass is 16.5. The minimum absolute atomic E-state index is 0.677. The fourth-order valence-corrected chi connectivity index (χ4v) is 1.37. The Hall–Kier alpha value is -1.66. The van der Waals surface area contributed by atoms with E-state index in [4.69, 9.17) is 9.47 Å². The molecule has 86 valence electrons. The van der Waals surface area contributed by atoms with Crippen LogP contribution < -0.4 is 14.8 Å². The maximum Gasteiger partial charge on any atom is 0.123 e. The molecule has 3 heteroatoms. The monoisotopic (exact) mass is 219 g/mol. The van der Waals surface area contributed by atoms with Crippen molar-refractivity contribution in [1.29, 1.82) is 0 Å². The molecule has 0 aromatic heterocycles. The minimum Gasteiger partial charge on any atom is -0.497 e. The van der Waals surface area contributed by atoms with Crippen molar-refractivity contribution < 1.29 is 9.47 Å². The minimum atomic E-state index is 0.677. The molecule has 0 heterocycles. The van der Waals surface area contributed by atoms with Crippen LogP contribution >= 0.6 is 0 Å². The molecule has 0 amide bonds. The third kappa shape index (κ3) is 3.48. The number of hydrogen-bond donors (Lipinski definition) is 1. The first kappa shape index (κ1) is 12.4. The molecule has 1 rings (SSSR count). The Morgan fingerprint density at radius 3 is 2.69 bits per heavy atom. The molecule has 0 saturated heterocycles. The predicted octanol–water partition coefficient (Wildman–Crippen LogP) is 1.82. The van der Waals surface area contributed by atoms with E-state index in [-0.39, 0.29) is 0 Å². The van der Waals surface area contributed by atoms with E-state index in [2.05, 4.69) is 17.2 Å². The zero-order chi connectivity index (χ0) is 11.8. The van der Waals surface area contributed by atoms with Crippen molar-refractivity contribution in [1.82, 2.24) is 5.32 Å². The van der Waals surface area contributed by atoms with E-state index in [9.17, 15) is 0 Å². The number of hydrogen-bond acceptors (Lipinski definition) is 3. The molecule has 3 nitrogen and oxygen atoms in total. The van der Waals surface area contributed by atoms with Gasteiger partial charge in [0.05, 0.1) is 20.8 Å². The molecule has 0 saturated carbocycles. The lowest BCUT2D eigenvalue weighted by Gasteiger charge is -2.10. The second kappa shape index (κ2) is 6.76. The van der Waals surface area contributed by atoms with E-state index < -0.39 is 0 Å². The molecule has 1 aromatic carbocycles. The molecule has 0 spiro atoms. The summed E-state index contributed by atoms with van der Waals surface area (Å²) in [6, 6.07) is 5.75. The van der Waals surface area contributed by atoms with Gasteiger partial charge < -0.3 is 14.8 Å². The molecule has 0 aliphatic heterocycles. The van der Waals surface area contributed by atoms with Gasteiger partial charge in [-0.1, -0.05) is 5.92 Å². The van der Waals surface area contributed by atoms with Crippen LogP contribution in [0.15, 0.2) is 18.2 Å². The Labute approximate surface area is 96.8 Å². The van der Waals surface area contributed by atoms with Crippen LogP contribution in [0.3, 0.4) is 0 Å². The van der Waals surface area contributed by atoms with E-state index in [1.807, 2.05) is 25.1 Å². The smallest absolute Gasteiger partial charge is 0.123 e. The van der Waals surface area contributed by atoms with E-state index in [1.54, 1.807) is 14.2 Å². The number of benzene rings is 1. The first-order chi connectivity index (χ1) is 7.81. The van der Waals surface area contributed by atoms with Gasteiger partial charge >= 0.3 is 0 Å². The maximum atomic E-state index is 5.27. The largest absolute Gasteiger partial charge is 0.497 e. The van der Waals surface area contributed by atoms with Crippen LogP contribution in [0.5, 0.6) is 11.5 Å². The molecule has 0 atom stereocenters. The maximum absolute atomic E-state index is 5.27. The summed E-state index contributed by atoms with van der Waals surface area (Å²) in [6.07, 6.45) is 0. The fraction of sp³-hybridized carbons (Fsp3) is 0.385. The zero-order valence-electron chi connectivity index (χ0n) is 9.96. The Bertz CT molecular complexity index is 391. The molecular weight excluding hydrogens is 202 g/mol. The summed E-state index contributed by atoms with van der Waals surface area (Å²) in [6.45, 7) is 3.22. The van der Waals surface area contributed by atoms with Gasteiger partial charge in [0.25, 0.3) is 0 Å². The van der Waals surface area contributed by atoms with Gasteiger partial charge in [0.15, 0.2) is 0 Å². The van der Waals surface area contributed by atoms with Gasteiger partial charge in [0.1, 0.15) is 11.5 Å². The average Bonchev–Trinajstić information content (AvgIpc) is 2.34. The van der Waals surface area contributed by atoms with Crippen molar-refractivity contribution >= 4 is 0 Å². The van der Waals surface area contributed by atoms with Crippen LogP contribution in [0.1, 0.15) is 12.5 Å². The van der Waals surface area contributed by atoms with E-state index in [0.29, 0.717) is 6.54 Å². The van der Waals surface area contributed by atoms with Crippen molar-refractivity contribution in [3.63, 3.8) is 0 Å². The van der Waals surface area contributed by atoms with E-state index in [1.165, 1.54) is 0 Å². The Morgan fingerprint density at radius 1 is 1.25 bits per heavy atom. The van der Waals surface area contributed by atoms with Crippen LogP contribution in [-0.2, 0) is 6.54 Å². The molecule has 0 radical (unpaired) electrons. The van der Waals surface area contributed by atoms with E-state index in [0.717, 1.165) is 23.6 Å². The number of ether oxygens (including phenoxy) is 2. The van der Waals surface area contributed by atoms with Gasteiger partial charge in [-0.05, 0) is 25.1 Å². The van der Waals surface area contributed by atoms with Crippen LogP contribution in [0.25, 0.3) is 0 Å². The molecular formula is C13H17NO2. The van der Waals surface area contributed by atoms with Gasteiger partial charge in [0, 0.05) is 12.1 Å². The quantitative estimate of drug-likeness (QED) is 0.605. The van der Waals surface area contributed by atoms with Gasteiger partial charge in [0.2, 0.25) is 0 Å². The second-order valence-electron chi connectivity index (χ2n) is 3.21. The lowest BCUT2D eigenvalue weighted by atomic mass is 10.2. The zero-order valence-corrected chi connectivity index (χ0v) is 9.96. The fourth-order valence-electron chi connectivity index (χ4n) is 1.37. The molecule has 1 N–H and O–H groups in total. The van der Waals surface area contributed by atoms with Gasteiger partial charge in [-0.3, -0.25) is 0 Å². The molecule has 0 fully saturated rings. The summed E-state index contributed by atoms with van der Waals surface area (Å²) in [5.41, 5.74) is 1.07. The van der Waals surface area contributed by atoms with Crippen molar-refractivity contribution in [2.24, 2.45) is 0 Å². The Kier molecular flexibility index (Phi) is 5.24. The third-order valence-electron chi connectivity index (χ3n) is 2.19. The van der Waals surface area contributed by atoms with Gasteiger partial charge in [-0.2, -0.15) is 0 Å². The molecule has 0 bridgehead atoms. The van der Waals surface area contributed by atoms with Gasteiger partial charge in [-0.15, -0.1) is 5.92 Å². The SMILES string of the molecule is CC#CCNCc1cc(OC)ccc1OC. The van der Waals surface area contributed by atoms with Gasteiger partial charge in [-0.25, -0.2) is 0 Å². The normalized spacial score (nSPS) is 9.19. The summed E-state index contributed by atoms with van der Waals surface area (Å²) < 4.78 is 10.4. The summed E-state index contributed by atoms with van der Waals surface area (Å²) >= 11 is 0. The third-order valence-corrected chi connectivity index (χ3v) is 2.19. The van der Waals surface area contributed by atoms with Crippen LogP contribution in [0, 0.1) is 11.8 Å². The highest BCUT2D eigenvalue weighted by Gasteiger charge is 2.03. The van der Waals surface area contributed by atoms with Crippen molar-refractivity contribution in [3.8, 4) is 23.3 Å². The average molecular weight is 219 g/mol. The number of rotatable bonds is 5. The van der Waals surface area contributed by atoms with Crippen molar-refractivity contribution in [3.05, 3.63) is 23.8 Å². The second-order valence-corrected chi connectivity index (χ2v) is 3.21. The van der Waals surface area contributed by atoms with Crippen LogP contribution in [0.4, 0.5) is 0 Å². The first-order valence-corrected chi connectivity index (χ1v) is 5.13. The van der Waals surface area contributed by atoms with Crippen LogP contribution in [-0.4, -0.2) is 20.8 Å². The molecule has 1 aromatic rings. The van der Waals surface area contributed by atoms with Crippen molar-refractivity contribution in [2.75, 3.05) is 20.8 Å². The highest BCUT2D eigenvalue weighted by Crippen LogP contribution is 2.23. The highest BCUT2D eigenvalue weighted by molar-refractivity contribution is 5.40. The van der Waals surface area contributed by atoms with Crippen molar-refractivity contribution in [2.45, 2.75) is 13.5 Å². The topological polar surface area (TPSA) is 30.5 Å². The standard InChI is InChI=1S/C13H17NO2/c1-4-5-8-14-10-11-9-12(15-2)6-7-13(11)16-3/h6-7,9,14H,8,10H2,1-3H3. The summed E-state index contributed by atoms with van der Waals surface area (Å²) in [7, 11) is 3.32. The number of methoxy groups -OCH3 is 2. The summed E-state index contributed by atoms with van der Waals surface area (Å²) in [4.78, 5) is 0. The molecule has 0 aliphatic rings. The first-order valence-electron chi connectivity index (χ1n) is 5.13. The predicted molar refractivity (Wildman–Crippen MR) is 64.7 cm³/mol. The molecule has 16 heavy (non-hydrogen) atoms. The Morgan fingerprint density at radius 2 is 2.06 bits per heavy atom. The Balaban J connectivity index is 2.69. The molecule has 0 unspecified atom stereocenters. The lowest BCUT2D eigenvalue weighted by molar-refractivity contribution is 0.397. The summed E-state index contributed by atoms with van der Waals surface area (Å²) in [5, 5.41) is 3.22. The van der Waals surface area contributed by atoms with E-state index >= 15 is 0 Å².